The number of nitrogens with zero attached hydrogens (tertiary/aromatic N) is 3. The molecule has 98 valence electrons. The topological polar surface area (TPSA) is 90.1 Å². The number of hydrogen-bond donors (Lipinski definition) is 1. The van der Waals surface area contributed by atoms with Gasteiger partial charge in [-0.25, -0.2) is 4.98 Å². The largest absolute Gasteiger partial charge is 0.373 e. The lowest BCUT2D eigenvalue weighted by atomic mass is 10.2. The fourth-order valence-electron chi connectivity index (χ4n) is 1.73. The summed E-state index contributed by atoms with van der Waals surface area (Å²) in [6.07, 6.45) is 2.86. The number of hydrogen-bond acceptors (Lipinski definition) is 5. The average molecular weight is 260 g/mol. The van der Waals surface area contributed by atoms with Crippen LogP contribution in [0.15, 0.2) is 41.5 Å². The fourth-order valence-corrected chi connectivity index (χ4v) is 1.73. The lowest BCUT2D eigenvalue weighted by Crippen LogP contribution is -2.20. The predicted octanol–water partition coefficient (Wildman–Crippen LogP) is 1.24. The van der Waals surface area contributed by atoms with Gasteiger partial charge in [-0.1, -0.05) is 6.07 Å². The molecule has 0 atom stereocenters. The third kappa shape index (κ3) is 2.76. The van der Waals surface area contributed by atoms with Crippen molar-refractivity contribution in [3.05, 3.63) is 62.7 Å². The molecule has 0 aliphatic rings. The zero-order valence-electron chi connectivity index (χ0n) is 10.2. The Hall–Kier alpha value is -2.70. The maximum Gasteiger partial charge on any atom is 0.285 e. The van der Waals surface area contributed by atoms with Gasteiger partial charge in [0.05, 0.1) is 17.7 Å². The van der Waals surface area contributed by atoms with Gasteiger partial charge < -0.3 is 9.88 Å². The van der Waals surface area contributed by atoms with Gasteiger partial charge in [0, 0.05) is 30.9 Å². The predicted molar refractivity (Wildman–Crippen MR) is 70.2 cm³/mol. The van der Waals surface area contributed by atoms with Gasteiger partial charge in [0.2, 0.25) is 0 Å². The smallest absolute Gasteiger partial charge is 0.285 e. The van der Waals surface area contributed by atoms with E-state index in [9.17, 15) is 14.9 Å². The van der Waals surface area contributed by atoms with E-state index in [0.717, 1.165) is 5.56 Å². The van der Waals surface area contributed by atoms with E-state index in [-0.39, 0.29) is 17.8 Å². The van der Waals surface area contributed by atoms with E-state index < -0.39 is 4.92 Å². The van der Waals surface area contributed by atoms with Crippen molar-refractivity contribution in [2.45, 2.75) is 6.54 Å². The van der Waals surface area contributed by atoms with Crippen LogP contribution in [0.2, 0.25) is 0 Å². The maximum atomic E-state index is 11.7. The molecule has 0 aliphatic carbocycles. The molecule has 0 saturated carbocycles. The molecule has 0 aliphatic heterocycles. The van der Waals surface area contributed by atoms with Crippen LogP contribution in [0.3, 0.4) is 0 Å². The lowest BCUT2D eigenvalue weighted by Gasteiger charge is -2.09. The van der Waals surface area contributed by atoms with E-state index in [1.807, 2.05) is 6.07 Å². The highest BCUT2D eigenvalue weighted by atomic mass is 16.6. The molecule has 2 aromatic heterocycles. The van der Waals surface area contributed by atoms with E-state index in [1.165, 1.54) is 22.9 Å². The molecule has 0 amide bonds. The third-order valence-electron chi connectivity index (χ3n) is 2.65. The molecule has 2 aromatic rings. The second-order valence-electron chi connectivity index (χ2n) is 3.87. The van der Waals surface area contributed by atoms with Gasteiger partial charge in [-0.15, -0.1) is 0 Å². The van der Waals surface area contributed by atoms with Crippen molar-refractivity contribution in [2.75, 3.05) is 12.4 Å². The molecule has 0 bridgehead atoms. The highest BCUT2D eigenvalue weighted by Crippen LogP contribution is 2.13. The molecular formula is C12H12N4O3. The van der Waals surface area contributed by atoms with Gasteiger partial charge in [-0.3, -0.25) is 14.9 Å². The van der Waals surface area contributed by atoms with E-state index in [0.29, 0.717) is 5.82 Å². The summed E-state index contributed by atoms with van der Waals surface area (Å²) < 4.78 is 1.29. The summed E-state index contributed by atoms with van der Waals surface area (Å²) in [5.74, 6) is 0.640. The highest BCUT2D eigenvalue weighted by Gasteiger charge is 2.09. The Morgan fingerprint density at radius 1 is 1.42 bits per heavy atom. The van der Waals surface area contributed by atoms with Gasteiger partial charge in [-0.05, 0) is 6.07 Å². The van der Waals surface area contributed by atoms with E-state index >= 15 is 0 Å². The Balaban J connectivity index is 2.40. The monoisotopic (exact) mass is 260 g/mol. The third-order valence-corrected chi connectivity index (χ3v) is 2.65. The van der Waals surface area contributed by atoms with Gasteiger partial charge in [0.25, 0.3) is 11.2 Å². The first-order valence-corrected chi connectivity index (χ1v) is 5.58. The average Bonchev–Trinajstić information content (AvgIpc) is 2.41. The Kier molecular flexibility index (Phi) is 3.56. The molecule has 0 spiro atoms. The molecule has 0 fully saturated rings. The van der Waals surface area contributed by atoms with Crippen LogP contribution in [-0.4, -0.2) is 21.5 Å². The van der Waals surface area contributed by atoms with Crippen molar-refractivity contribution >= 4 is 11.5 Å². The number of nitro groups is 1. The molecule has 1 N–H and O–H groups in total. The first-order valence-electron chi connectivity index (χ1n) is 5.58. The lowest BCUT2D eigenvalue weighted by molar-refractivity contribution is -0.385. The number of anilines is 1. The zero-order valence-corrected chi connectivity index (χ0v) is 10.2. The zero-order chi connectivity index (χ0) is 13.8. The van der Waals surface area contributed by atoms with Gasteiger partial charge in [0.1, 0.15) is 5.82 Å². The van der Waals surface area contributed by atoms with Crippen LogP contribution in [0.5, 0.6) is 0 Å². The minimum Gasteiger partial charge on any atom is -0.373 e. The maximum absolute atomic E-state index is 11.7. The summed E-state index contributed by atoms with van der Waals surface area (Å²) in [5, 5.41) is 13.6. The van der Waals surface area contributed by atoms with Crippen LogP contribution in [0.4, 0.5) is 11.5 Å². The summed E-state index contributed by atoms with van der Waals surface area (Å²) in [4.78, 5) is 26.0. The molecule has 0 saturated heterocycles. The van der Waals surface area contributed by atoms with Crippen LogP contribution in [0.25, 0.3) is 0 Å². The SMILES string of the molecule is CNc1ncccc1Cn1cc([N+](=O)[O-])ccc1=O. The summed E-state index contributed by atoms with van der Waals surface area (Å²) >= 11 is 0. The normalized spacial score (nSPS) is 10.2. The molecule has 0 aromatic carbocycles. The molecule has 0 unspecified atom stereocenters. The molecule has 7 nitrogen and oxygen atoms in total. The fraction of sp³-hybridized carbons (Fsp3) is 0.167. The number of rotatable bonds is 4. The van der Waals surface area contributed by atoms with E-state index in [2.05, 4.69) is 10.3 Å². The second-order valence-corrected chi connectivity index (χ2v) is 3.87. The summed E-state index contributed by atoms with van der Waals surface area (Å²) in [5.41, 5.74) is 0.374. The molecule has 2 heterocycles. The Bertz CT molecular complexity index is 666. The number of pyridine rings is 2. The Labute approximate surface area is 108 Å². The van der Waals surface area contributed by atoms with Gasteiger partial charge >= 0.3 is 0 Å². The summed E-state index contributed by atoms with van der Waals surface area (Å²) in [6, 6.07) is 5.94. The summed E-state index contributed by atoms with van der Waals surface area (Å²) in [7, 11) is 1.72. The minimum atomic E-state index is -0.530. The highest BCUT2D eigenvalue weighted by molar-refractivity contribution is 5.43. The standard InChI is InChI=1S/C12H12N4O3/c1-13-12-9(3-2-6-14-12)7-15-8-10(16(18)19)4-5-11(15)17/h2-6,8H,7H2,1H3,(H,13,14). The first-order chi connectivity index (χ1) is 9.11. The minimum absolute atomic E-state index is 0.116. The van der Waals surface area contributed by atoms with Crippen molar-refractivity contribution in [3.8, 4) is 0 Å². The van der Waals surface area contributed by atoms with Crippen LogP contribution in [0.1, 0.15) is 5.56 Å². The molecular weight excluding hydrogens is 248 g/mol. The van der Waals surface area contributed by atoms with Crippen LogP contribution < -0.4 is 10.9 Å². The number of aromatic nitrogens is 2. The molecule has 0 radical (unpaired) electrons. The van der Waals surface area contributed by atoms with Crippen molar-refractivity contribution < 1.29 is 4.92 Å². The van der Waals surface area contributed by atoms with Crippen molar-refractivity contribution in [1.29, 1.82) is 0 Å². The first kappa shape index (κ1) is 12.7. The van der Waals surface area contributed by atoms with Gasteiger partial charge in [-0.2, -0.15) is 0 Å². The molecule has 19 heavy (non-hydrogen) atoms. The Morgan fingerprint density at radius 3 is 2.89 bits per heavy atom. The molecule has 2 rings (SSSR count). The van der Waals surface area contributed by atoms with Crippen molar-refractivity contribution in [2.24, 2.45) is 0 Å². The number of nitrogens with one attached hydrogen (secondary N) is 1. The summed E-state index contributed by atoms with van der Waals surface area (Å²) in [6.45, 7) is 0.227. The van der Waals surface area contributed by atoms with Crippen LogP contribution in [0, 0.1) is 10.1 Å². The van der Waals surface area contributed by atoms with E-state index in [1.54, 1.807) is 19.3 Å². The Morgan fingerprint density at radius 2 is 2.21 bits per heavy atom. The van der Waals surface area contributed by atoms with E-state index in [4.69, 9.17) is 0 Å². The second kappa shape index (κ2) is 5.30. The quantitative estimate of drug-likeness (QED) is 0.659. The van der Waals surface area contributed by atoms with Gasteiger partial charge in [0.15, 0.2) is 0 Å². The van der Waals surface area contributed by atoms with Crippen LogP contribution >= 0.6 is 0 Å². The van der Waals surface area contributed by atoms with Crippen molar-refractivity contribution in [3.63, 3.8) is 0 Å². The molecule has 7 heteroatoms. The van der Waals surface area contributed by atoms with Crippen LogP contribution in [-0.2, 0) is 6.54 Å². The van der Waals surface area contributed by atoms with Crippen molar-refractivity contribution in [1.82, 2.24) is 9.55 Å².